The van der Waals surface area contributed by atoms with Crippen LogP contribution < -0.4 is 10.9 Å². The highest BCUT2D eigenvalue weighted by molar-refractivity contribution is 5.82. The zero-order valence-corrected chi connectivity index (χ0v) is 27.9. The molecule has 0 aliphatic carbocycles. The van der Waals surface area contributed by atoms with Gasteiger partial charge in [0.25, 0.3) is 5.56 Å². The standard InChI is InChI=1S/C35H42F5N3O4/c1-18(2)11-28(43-17-23(9-10-42(7)8)26(15-29(43)44)35(38,39)40)34(47)41-27(16-30(45)46)25-14-24(13-21(5)33(25)37)31-19(3)12-20(4)32(36)22(31)6/h12-15,17-18,27-28H,9-11,16H2,1-8H3,(H,41,47)(H,45,46). The van der Waals surface area contributed by atoms with Gasteiger partial charge in [-0.2, -0.15) is 13.2 Å². The summed E-state index contributed by atoms with van der Waals surface area (Å²) in [5.41, 5.74) is 0.00725. The molecule has 0 aliphatic rings. The van der Waals surface area contributed by atoms with Gasteiger partial charge in [-0.3, -0.25) is 14.4 Å². The van der Waals surface area contributed by atoms with E-state index in [1.165, 1.54) is 19.1 Å². The number of aliphatic carboxylic acids is 1. The number of amides is 1. The number of carboxylic acid groups (broad SMARTS) is 1. The minimum absolute atomic E-state index is 0.0204. The van der Waals surface area contributed by atoms with E-state index in [-0.39, 0.29) is 42.0 Å². The van der Waals surface area contributed by atoms with E-state index in [9.17, 15) is 37.1 Å². The largest absolute Gasteiger partial charge is 0.481 e. The summed E-state index contributed by atoms with van der Waals surface area (Å²) in [5.74, 6) is -3.65. The van der Waals surface area contributed by atoms with Crippen LogP contribution in [-0.2, 0) is 22.2 Å². The van der Waals surface area contributed by atoms with Crippen LogP contribution in [0.1, 0.15) is 77.7 Å². The summed E-state index contributed by atoms with van der Waals surface area (Å²) < 4.78 is 73.3. The van der Waals surface area contributed by atoms with Gasteiger partial charge < -0.3 is 19.9 Å². The Morgan fingerprint density at radius 1 is 0.957 bits per heavy atom. The van der Waals surface area contributed by atoms with E-state index in [0.29, 0.717) is 33.9 Å². The van der Waals surface area contributed by atoms with E-state index < -0.39 is 59.3 Å². The first-order valence-corrected chi connectivity index (χ1v) is 15.3. The number of carbonyl (C=O) groups is 2. The smallest absolute Gasteiger partial charge is 0.416 e. The Balaban J connectivity index is 2.17. The zero-order chi connectivity index (χ0) is 35.5. The highest BCUT2D eigenvalue weighted by atomic mass is 19.4. The fourth-order valence-corrected chi connectivity index (χ4v) is 5.92. The molecule has 47 heavy (non-hydrogen) atoms. The molecule has 2 atom stereocenters. The molecule has 0 aliphatic heterocycles. The first-order valence-electron chi connectivity index (χ1n) is 15.3. The van der Waals surface area contributed by atoms with E-state index in [0.717, 1.165) is 10.8 Å². The maximum Gasteiger partial charge on any atom is 0.416 e. The van der Waals surface area contributed by atoms with Gasteiger partial charge in [-0.05, 0) is 112 Å². The van der Waals surface area contributed by atoms with Gasteiger partial charge >= 0.3 is 12.1 Å². The predicted octanol–water partition coefficient (Wildman–Crippen LogP) is 7.07. The van der Waals surface area contributed by atoms with E-state index in [2.05, 4.69) is 5.32 Å². The molecule has 2 unspecified atom stereocenters. The summed E-state index contributed by atoms with van der Waals surface area (Å²) in [6, 6.07) is 2.25. The van der Waals surface area contributed by atoms with Crippen LogP contribution in [0.25, 0.3) is 11.1 Å². The lowest BCUT2D eigenvalue weighted by Crippen LogP contribution is -2.41. The van der Waals surface area contributed by atoms with Gasteiger partial charge in [0.2, 0.25) is 5.91 Å². The number of nitrogens with one attached hydrogen (secondary N) is 1. The topological polar surface area (TPSA) is 91.6 Å². The molecule has 2 N–H and O–H groups in total. The highest BCUT2D eigenvalue weighted by Gasteiger charge is 2.36. The minimum Gasteiger partial charge on any atom is -0.481 e. The van der Waals surface area contributed by atoms with Crippen molar-refractivity contribution in [1.82, 2.24) is 14.8 Å². The van der Waals surface area contributed by atoms with E-state index in [1.54, 1.807) is 59.7 Å². The number of hydrogen-bond acceptors (Lipinski definition) is 4. The lowest BCUT2D eigenvalue weighted by molar-refractivity contribution is -0.139. The van der Waals surface area contributed by atoms with Crippen molar-refractivity contribution in [1.29, 1.82) is 0 Å². The van der Waals surface area contributed by atoms with Gasteiger partial charge in [0.15, 0.2) is 0 Å². The lowest BCUT2D eigenvalue weighted by atomic mass is 9.89. The van der Waals surface area contributed by atoms with Crippen molar-refractivity contribution in [2.45, 2.75) is 79.1 Å². The van der Waals surface area contributed by atoms with Crippen LogP contribution in [-0.4, -0.2) is 47.1 Å². The molecule has 0 bridgehead atoms. The van der Waals surface area contributed by atoms with Gasteiger partial charge in [0.05, 0.1) is 18.0 Å². The number of rotatable bonds is 12. The van der Waals surface area contributed by atoms with Gasteiger partial charge in [-0.25, -0.2) is 8.78 Å². The van der Waals surface area contributed by atoms with Gasteiger partial charge in [0.1, 0.15) is 17.7 Å². The average molecular weight is 664 g/mol. The quantitative estimate of drug-likeness (QED) is 0.202. The number of alkyl halides is 3. The summed E-state index contributed by atoms with van der Waals surface area (Å²) in [5, 5.41) is 12.3. The molecule has 1 heterocycles. The van der Waals surface area contributed by atoms with Crippen molar-refractivity contribution in [2.24, 2.45) is 5.92 Å². The van der Waals surface area contributed by atoms with E-state index in [4.69, 9.17) is 0 Å². The van der Waals surface area contributed by atoms with Crippen LogP contribution >= 0.6 is 0 Å². The SMILES string of the molecule is Cc1cc(-c2c(C)cc(C)c(F)c2C)cc(C(CC(=O)O)NC(=O)C(CC(C)C)n2cc(CCN(C)C)c(C(F)(F)F)cc2=O)c1F. The summed E-state index contributed by atoms with van der Waals surface area (Å²) in [4.78, 5) is 40.7. The van der Waals surface area contributed by atoms with Crippen molar-refractivity contribution < 1.29 is 36.6 Å². The van der Waals surface area contributed by atoms with Gasteiger partial charge in [-0.1, -0.05) is 19.9 Å². The lowest BCUT2D eigenvalue weighted by Gasteiger charge is -2.27. The molecule has 1 aromatic heterocycles. The molecule has 0 fully saturated rings. The number of likely N-dealkylation sites (N-methyl/N-ethyl adjacent to an activating group) is 1. The Morgan fingerprint density at radius 3 is 2.13 bits per heavy atom. The molecule has 3 aromatic rings. The number of carbonyl (C=O) groups excluding carboxylic acids is 1. The third kappa shape index (κ3) is 8.85. The van der Waals surface area contributed by atoms with Crippen LogP contribution in [0.15, 0.2) is 35.3 Å². The second-order valence-corrected chi connectivity index (χ2v) is 12.8. The van der Waals surface area contributed by atoms with Crippen LogP contribution in [0.2, 0.25) is 0 Å². The Kier molecular flexibility index (Phi) is 11.8. The normalized spacial score (nSPS) is 13.3. The molecule has 0 spiro atoms. The highest BCUT2D eigenvalue weighted by Crippen LogP contribution is 2.36. The molecule has 0 saturated heterocycles. The Morgan fingerprint density at radius 2 is 1.57 bits per heavy atom. The Hall–Kier alpha value is -4.06. The maximum absolute atomic E-state index is 15.8. The molecular formula is C35H42F5N3O4. The number of aryl methyl sites for hydroxylation is 3. The summed E-state index contributed by atoms with van der Waals surface area (Å²) in [6.07, 6.45) is -4.55. The number of benzene rings is 2. The molecule has 0 saturated carbocycles. The molecule has 0 radical (unpaired) electrons. The first kappa shape index (κ1) is 37.4. The molecule has 7 nitrogen and oxygen atoms in total. The average Bonchev–Trinajstić information content (AvgIpc) is 2.94. The summed E-state index contributed by atoms with van der Waals surface area (Å²) in [6.45, 7) is 10.2. The van der Waals surface area contributed by atoms with Crippen LogP contribution in [0, 0.1) is 45.2 Å². The second kappa shape index (κ2) is 14.8. The predicted molar refractivity (Wildman–Crippen MR) is 170 cm³/mol. The van der Waals surface area contributed by atoms with E-state index >= 15 is 4.39 Å². The molecule has 256 valence electrons. The molecule has 3 rings (SSSR count). The fraction of sp³-hybridized carbons (Fsp3) is 0.457. The summed E-state index contributed by atoms with van der Waals surface area (Å²) in [7, 11) is 3.38. The Bertz CT molecular complexity index is 1710. The monoisotopic (exact) mass is 663 g/mol. The maximum atomic E-state index is 15.8. The Labute approximate surface area is 271 Å². The van der Waals surface area contributed by atoms with Crippen molar-refractivity contribution in [3.63, 3.8) is 0 Å². The molecule has 1 amide bonds. The zero-order valence-electron chi connectivity index (χ0n) is 27.9. The van der Waals surface area contributed by atoms with E-state index in [1.807, 2.05) is 0 Å². The van der Waals surface area contributed by atoms with Crippen LogP contribution in [0.5, 0.6) is 0 Å². The van der Waals surface area contributed by atoms with Crippen molar-refractivity contribution in [2.75, 3.05) is 20.6 Å². The minimum atomic E-state index is -4.81. The number of hydrogen-bond donors (Lipinski definition) is 2. The fourth-order valence-electron chi connectivity index (χ4n) is 5.92. The molecule has 12 heteroatoms. The van der Waals surface area contributed by atoms with Gasteiger partial charge in [0, 0.05) is 24.4 Å². The number of halogens is 5. The number of aromatic nitrogens is 1. The van der Waals surface area contributed by atoms with Crippen LogP contribution in [0.4, 0.5) is 22.0 Å². The van der Waals surface area contributed by atoms with Gasteiger partial charge in [-0.15, -0.1) is 0 Å². The number of nitrogens with zero attached hydrogens (tertiary/aromatic N) is 2. The summed E-state index contributed by atoms with van der Waals surface area (Å²) >= 11 is 0. The third-order valence-electron chi connectivity index (χ3n) is 8.15. The molecular weight excluding hydrogens is 621 g/mol. The number of carboxylic acids is 1. The first-order chi connectivity index (χ1) is 21.7. The van der Waals surface area contributed by atoms with Crippen LogP contribution in [0.3, 0.4) is 0 Å². The molecule has 2 aromatic carbocycles. The van der Waals surface area contributed by atoms with Crippen molar-refractivity contribution in [3.8, 4) is 11.1 Å². The number of pyridine rings is 1. The van der Waals surface area contributed by atoms with Crippen molar-refractivity contribution >= 4 is 11.9 Å². The third-order valence-corrected chi connectivity index (χ3v) is 8.15. The second-order valence-electron chi connectivity index (χ2n) is 12.8. The van der Waals surface area contributed by atoms with Crippen molar-refractivity contribution in [3.05, 3.63) is 91.4 Å².